The molecule has 1 saturated carbocycles. The highest BCUT2D eigenvalue weighted by molar-refractivity contribution is 5.25. The predicted molar refractivity (Wildman–Crippen MR) is 83.4 cm³/mol. The molecule has 1 aromatic carbocycles. The number of hydrogen-bond acceptors (Lipinski definition) is 1. The quantitative estimate of drug-likeness (QED) is 0.806. The molecule has 19 heavy (non-hydrogen) atoms. The molecule has 0 bridgehead atoms. The van der Waals surface area contributed by atoms with Gasteiger partial charge in [-0.3, -0.25) is 0 Å². The number of rotatable bonds is 5. The summed E-state index contributed by atoms with van der Waals surface area (Å²) in [4.78, 5) is 0. The Kier molecular flexibility index (Phi) is 5.45. The standard InChI is InChI=1S/C18H29N/c1-4-14-9-11-16(12-10-14)18(19-3)17-8-6-7-15(5-2)13-17/h9-12,15,17-19H,4-8,13H2,1-3H3. The van der Waals surface area contributed by atoms with E-state index in [1.165, 1.54) is 43.2 Å². The van der Waals surface area contributed by atoms with E-state index in [0.717, 1.165) is 18.3 Å². The van der Waals surface area contributed by atoms with Crippen LogP contribution in [-0.4, -0.2) is 7.05 Å². The highest BCUT2D eigenvalue weighted by Crippen LogP contribution is 2.38. The molecule has 1 aliphatic carbocycles. The van der Waals surface area contributed by atoms with E-state index >= 15 is 0 Å². The third-order valence-electron chi connectivity index (χ3n) is 4.93. The molecule has 3 unspecified atom stereocenters. The fourth-order valence-electron chi connectivity index (χ4n) is 3.64. The summed E-state index contributed by atoms with van der Waals surface area (Å²) in [5.74, 6) is 1.76. The number of aryl methyl sites for hydroxylation is 1. The molecule has 1 fully saturated rings. The number of hydrogen-bond donors (Lipinski definition) is 1. The van der Waals surface area contributed by atoms with Gasteiger partial charge < -0.3 is 5.32 Å². The van der Waals surface area contributed by atoms with Crippen molar-refractivity contribution in [2.75, 3.05) is 7.05 Å². The molecule has 0 spiro atoms. The zero-order valence-corrected chi connectivity index (χ0v) is 12.8. The number of nitrogens with one attached hydrogen (secondary N) is 1. The highest BCUT2D eigenvalue weighted by atomic mass is 14.9. The summed E-state index contributed by atoms with van der Waals surface area (Å²) < 4.78 is 0. The van der Waals surface area contributed by atoms with Crippen LogP contribution in [0, 0.1) is 11.8 Å². The van der Waals surface area contributed by atoms with Gasteiger partial charge in [0.2, 0.25) is 0 Å². The SMILES string of the molecule is CCc1ccc(C(NC)C2CCCC(CC)C2)cc1. The van der Waals surface area contributed by atoms with E-state index in [0.29, 0.717) is 6.04 Å². The minimum atomic E-state index is 0.542. The Balaban J connectivity index is 2.09. The van der Waals surface area contributed by atoms with Gasteiger partial charge >= 0.3 is 0 Å². The van der Waals surface area contributed by atoms with Crippen LogP contribution in [0.5, 0.6) is 0 Å². The van der Waals surface area contributed by atoms with Gasteiger partial charge in [-0.05, 0) is 49.3 Å². The molecule has 2 rings (SSSR count). The van der Waals surface area contributed by atoms with Crippen LogP contribution in [0.2, 0.25) is 0 Å². The molecule has 0 aromatic heterocycles. The topological polar surface area (TPSA) is 12.0 Å². The minimum absolute atomic E-state index is 0.542. The van der Waals surface area contributed by atoms with Crippen LogP contribution in [-0.2, 0) is 6.42 Å². The van der Waals surface area contributed by atoms with Crippen LogP contribution >= 0.6 is 0 Å². The Morgan fingerprint density at radius 1 is 1.16 bits per heavy atom. The maximum absolute atomic E-state index is 3.57. The maximum Gasteiger partial charge on any atom is 0.0346 e. The van der Waals surface area contributed by atoms with Gasteiger partial charge in [-0.2, -0.15) is 0 Å². The van der Waals surface area contributed by atoms with Crippen LogP contribution in [0.15, 0.2) is 24.3 Å². The summed E-state index contributed by atoms with van der Waals surface area (Å²) >= 11 is 0. The molecule has 1 aromatic rings. The van der Waals surface area contributed by atoms with Crippen molar-refractivity contribution in [1.29, 1.82) is 0 Å². The van der Waals surface area contributed by atoms with E-state index in [-0.39, 0.29) is 0 Å². The van der Waals surface area contributed by atoms with Gasteiger partial charge in [-0.15, -0.1) is 0 Å². The van der Waals surface area contributed by atoms with Crippen molar-refractivity contribution in [1.82, 2.24) is 5.32 Å². The average Bonchev–Trinajstić information content (AvgIpc) is 2.49. The van der Waals surface area contributed by atoms with E-state index in [1.54, 1.807) is 0 Å². The first-order valence-electron chi connectivity index (χ1n) is 8.04. The summed E-state index contributed by atoms with van der Waals surface area (Å²) in [6.45, 7) is 4.56. The second kappa shape index (κ2) is 7.09. The van der Waals surface area contributed by atoms with E-state index in [1.807, 2.05) is 0 Å². The Labute approximate surface area is 118 Å². The van der Waals surface area contributed by atoms with Crippen LogP contribution in [0.25, 0.3) is 0 Å². The second-order valence-electron chi connectivity index (χ2n) is 6.06. The maximum atomic E-state index is 3.57. The molecule has 106 valence electrons. The smallest absolute Gasteiger partial charge is 0.0346 e. The first-order chi connectivity index (χ1) is 9.28. The van der Waals surface area contributed by atoms with Crippen molar-refractivity contribution in [3.05, 3.63) is 35.4 Å². The fraction of sp³-hybridized carbons (Fsp3) is 0.667. The van der Waals surface area contributed by atoms with Crippen LogP contribution < -0.4 is 5.32 Å². The average molecular weight is 259 g/mol. The fourth-order valence-corrected chi connectivity index (χ4v) is 3.64. The van der Waals surface area contributed by atoms with Crippen molar-refractivity contribution in [3.8, 4) is 0 Å². The third kappa shape index (κ3) is 3.60. The zero-order chi connectivity index (χ0) is 13.7. The molecule has 0 aliphatic heterocycles. The van der Waals surface area contributed by atoms with Crippen molar-refractivity contribution < 1.29 is 0 Å². The molecule has 0 radical (unpaired) electrons. The van der Waals surface area contributed by atoms with Gasteiger partial charge in [0.1, 0.15) is 0 Å². The van der Waals surface area contributed by atoms with E-state index < -0.39 is 0 Å². The summed E-state index contributed by atoms with van der Waals surface area (Å²) in [7, 11) is 2.12. The first kappa shape index (κ1) is 14.6. The third-order valence-corrected chi connectivity index (χ3v) is 4.93. The molecular formula is C18H29N. The summed E-state index contributed by atoms with van der Waals surface area (Å²) in [5, 5.41) is 3.57. The second-order valence-corrected chi connectivity index (χ2v) is 6.06. The molecule has 1 aliphatic rings. The van der Waals surface area contributed by atoms with Gasteiger partial charge in [0, 0.05) is 6.04 Å². The van der Waals surface area contributed by atoms with E-state index in [4.69, 9.17) is 0 Å². The molecule has 1 N–H and O–H groups in total. The van der Waals surface area contributed by atoms with E-state index in [2.05, 4.69) is 50.5 Å². The van der Waals surface area contributed by atoms with Gasteiger partial charge in [0.25, 0.3) is 0 Å². The molecular weight excluding hydrogens is 230 g/mol. The largest absolute Gasteiger partial charge is 0.313 e. The molecule has 0 saturated heterocycles. The lowest BCUT2D eigenvalue weighted by atomic mass is 9.75. The lowest BCUT2D eigenvalue weighted by Gasteiger charge is -2.34. The normalized spacial score (nSPS) is 25.2. The molecule has 1 nitrogen and oxygen atoms in total. The summed E-state index contributed by atoms with van der Waals surface area (Å²) in [6.07, 6.45) is 8.12. The Morgan fingerprint density at radius 2 is 1.89 bits per heavy atom. The first-order valence-corrected chi connectivity index (χ1v) is 8.04. The molecule has 1 heteroatoms. The van der Waals surface area contributed by atoms with Crippen LogP contribution in [0.3, 0.4) is 0 Å². The van der Waals surface area contributed by atoms with Gasteiger partial charge in [0.15, 0.2) is 0 Å². The van der Waals surface area contributed by atoms with Crippen LogP contribution in [0.4, 0.5) is 0 Å². The van der Waals surface area contributed by atoms with Gasteiger partial charge in [-0.25, -0.2) is 0 Å². The molecule has 0 heterocycles. The molecule has 0 amide bonds. The Hall–Kier alpha value is -0.820. The monoisotopic (exact) mass is 259 g/mol. The minimum Gasteiger partial charge on any atom is -0.313 e. The van der Waals surface area contributed by atoms with Crippen molar-refractivity contribution in [2.24, 2.45) is 11.8 Å². The highest BCUT2D eigenvalue weighted by Gasteiger charge is 2.27. The van der Waals surface area contributed by atoms with Crippen molar-refractivity contribution >= 4 is 0 Å². The summed E-state index contributed by atoms with van der Waals surface area (Å²) in [6, 6.07) is 9.78. The Morgan fingerprint density at radius 3 is 2.47 bits per heavy atom. The molecule has 3 atom stereocenters. The van der Waals surface area contributed by atoms with Crippen molar-refractivity contribution in [3.63, 3.8) is 0 Å². The van der Waals surface area contributed by atoms with Gasteiger partial charge in [-0.1, -0.05) is 57.4 Å². The zero-order valence-electron chi connectivity index (χ0n) is 12.8. The van der Waals surface area contributed by atoms with Crippen LogP contribution in [0.1, 0.15) is 63.1 Å². The summed E-state index contributed by atoms with van der Waals surface area (Å²) in [5.41, 5.74) is 2.91. The predicted octanol–water partition coefficient (Wildman–Crippen LogP) is 4.73. The van der Waals surface area contributed by atoms with E-state index in [9.17, 15) is 0 Å². The van der Waals surface area contributed by atoms with Gasteiger partial charge in [0.05, 0.1) is 0 Å². The lowest BCUT2D eigenvalue weighted by Crippen LogP contribution is -2.29. The number of benzene rings is 1. The lowest BCUT2D eigenvalue weighted by molar-refractivity contribution is 0.214. The Bertz CT molecular complexity index is 368. The van der Waals surface area contributed by atoms with Crippen molar-refractivity contribution in [2.45, 2.75) is 58.4 Å².